The minimum atomic E-state index is 0.0926. The van der Waals surface area contributed by atoms with Crippen LogP contribution in [0.3, 0.4) is 0 Å². The van der Waals surface area contributed by atoms with Gasteiger partial charge in [0.25, 0.3) is 0 Å². The molecule has 4 rings (SSSR count). The molecule has 136 valence electrons. The normalized spacial score (nSPS) is 28.0. The molecule has 0 saturated heterocycles. The molecule has 0 aromatic heterocycles. The zero-order valence-corrected chi connectivity index (χ0v) is 15.4. The lowest BCUT2D eigenvalue weighted by molar-refractivity contribution is -0.159. The van der Waals surface area contributed by atoms with E-state index in [1.807, 2.05) is 6.07 Å². The van der Waals surface area contributed by atoms with Gasteiger partial charge in [-0.3, -0.25) is 4.79 Å². The SMILES string of the molecule is O=C(OC(C1CCCCC1)C1CCCCC1)[C@H]1C[C@H]1c1ccccc1. The summed E-state index contributed by atoms with van der Waals surface area (Å²) >= 11 is 0. The second kappa shape index (κ2) is 7.93. The lowest BCUT2D eigenvalue weighted by Gasteiger charge is -2.37. The van der Waals surface area contributed by atoms with Crippen LogP contribution in [-0.2, 0) is 9.53 Å². The van der Waals surface area contributed by atoms with Crippen molar-refractivity contribution in [3.8, 4) is 0 Å². The van der Waals surface area contributed by atoms with Gasteiger partial charge in [0.2, 0.25) is 0 Å². The van der Waals surface area contributed by atoms with Crippen LogP contribution in [0.5, 0.6) is 0 Å². The molecular weight excluding hydrogens is 308 g/mol. The Balaban J connectivity index is 1.40. The van der Waals surface area contributed by atoms with Crippen LogP contribution in [0.1, 0.15) is 82.1 Å². The van der Waals surface area contributed by atoms with Gasteiger partial charge in [-0.15, -0.1) is 0 Å². The Morgan fingerprint density at radius 2 is 1.40 bits per heavy atom. The average Bonchev–Trinajstić information content (AvgIpc) is 3.49. The summed E-state index contributed by atoms with van der Waals surface area (Å²) in [7, 11) is 0. The highest BCUT2D eigenvalue weighted by Gasteiger charge is 2.47. The zero-order chi connectivity index (χ0) is 17.1. The summed E-state index contributed by atoms with van der Waals surface area (Å²) in [6, 6.07) is 10.5. The maximum absolute atomic E-state index is 12.9. The number of esters is 1. The third-order valence-corrected chi connectivity index (χ3v) is 6.80. The van der Waals surface area contributed by atoms with E-state index in [1.54, 1.807) is 0 Å². The fourth-order valence-corrected chi connectivity index (χ4v) is 5.25. The van der Waals surface area contributed by atoms with Gasteiger partial charge in [0.1, 0.15) is 6.10 Å². The van der Waals surface area contributed by atoms with Crippen molar-refractivity contribution in [3.63, 3.8) is 0 Å². The molecule has 3 aliphatic carbocycles. The van der Waals surface area contributed by atoms with Crippen molar-refractivity contribution in [2.24, 2.45) is 17.8 Å². The summed E-state index contributed by atoms with van der Waals surface area (Å²) in [5.74, 6) is 1.84. The third kappa shape index (κ3) is 4.10. The van der Waals surface area contributed by atoms with Crippen LogP contribution in [0.2, 0.25) is 0 Å². The number of benzene rings is 1. The molecule has 0 N–H and O–H groups in total. The minimum Gasteiger partial charge on any atom is -0.462 e. The van der Waals surface area contributed by atoms with Crippen LogP contribution < -0.4 is 0 Å². The first-order valence-electron chi connectivity index (χ1n) is 10.6. The highest BCUT2D eigenvalue weighted by atomic mass is 16.5. The first-order chi connectivity index (χ1) is 12.3. The number of carbonyl (C=O) groups is 1. The largest absolute Gasteiger partial charge is 0.462 e. The molecule has 0 spiro atoms. The highest BCUT2D eigenvalue weighted by Crippen LogP contribution is 2.49. The molecule has 0 heterocycles. The van der Waals surface area contributed by atoms with E-state index in [0.29, 0.717) is 17.8 Å². The van der Waals surface area contributed by atoms with Gasteiger partial charge in [-0.1, -0.05) is 68.9 Å². The van der Waals surface area contributed by atoms with E-state index in [4.69, 9.17) is 4.74 Å². The molecule has 2 heteroatoms. The highest BCUT2D eigenvalue weighted by molar-refractivity contribution is 5.77. The number of hydrogen-bond acceptors (Lipinski definition) is 2. The summed E-state index contributed by atoms with van der Waals surface area (Å²) in [6.07, 6.45) is 14.2. The molecule has 2 nitrogen and oxygen atoms in total. The molecule has 0 amide bonds. The number of ether oxygens (including phenoxy) is 1. The molecule has 2 atom stereocenters. The third-order valence-electron chi connectivity index (χ3n) is 6.80. The molecule has 3 aliphatic rings. The summed E-state index contributed by atoms with van der Waals surface area (Å²) in [5.41, 5.74) is 1.30. The Morgan fingerprint density at radius 3 is 1.96 bits per heavy atom. The maximum atomic E-state index is 12.9. The maximum Gasteiger partial charge on any atom is 0.309 e. The van der Waals surface area contributed by atoms with Crippen LogP contribution in [0.25, 0.3) is 0 Å². The van der Waals surface area contributed by atoms with Gasteiger partial charge < -0.3 is 4.74 Å². The fraction of sp³-hybridized carbons (Fsp3) is 0.696. The van der Waals surface area contributed by atoms with Crippen molar-refractivity contribution in [2.45, 2.75) is 82.7 Å². The van der Waals surface area contributed by atoms with Gasteiger partial charge in [-0.25, -0.2) is 0 Å². The van der Waals surface area contributed by atoms with Gasteiger partial charge in [-0.2, -0.15) is 0 Å². The Kier molecular flexibility index (Phi) is 5.43. The van der Waals surface area contributed by atoms with Gasteiger partial charge >= 0.3 is 5.97 Å². The van der Waals surface area contributed by atoms with Crippen LogP contribution >= 0.6 is 0 Å². The van der Waals surface area contributed by atoms with Gasteiger partial charge in [0, 0.05) is 0 Å². The second-order valence-corrected chi connectivity index (χ2v) is 8.56. The Morgan fingerprint density at radius 1 is 0.840 bits per heavy atom. The van der Waals surface area contributed by atoms with Crippen molar-refractivity contribution in [2.75, 3.05) is 0 Å². The smallest absolute Gasteiger partial charge is 0.309 e. The molecule has 25 heavy (non-hydrogen) atoms. The molecule has 1 aromatic rings. The first kappa shape index (κ1) is 17.1. The van der Waals surface area contributed by atoms with Crippen molar-refractivity contribution >= 4 is 5.97 Å². The van der Waals surface area contributed by atoms with Crippen LogP contribution in [-0.4, -0.2) is 12.1 Å². The van der Waals surface area contributed by atoms with Gasteiger partial charge in [-0.05, 0) is 55.4 Å². The lowest BCUT2D eigenvalue weighted by atomic mass is 9.75. The molecule has 3 fully saturated rings. The van der Waals surface area contributed by atoms with E-state index in [0.717, 1.165) is 6.42 Å². The summed E-state index contributed by atoms with van der Waals surface area (Å²) in [5, 5.41) is 0. The van der Waals surface area contributed by atoms with Crippen LogP contribution in [0.15, 0.2) is 30.3 Å². The molecule has 1 aromatic carbocycles. The van der Waals surface area contributed by atoms with E-state index in [1.165, 1.54) is 69.8 Å². The standard InChI is InChI=1S/C23H32O2/c24-23(21-16-20(21)17-10-4-1-5-11-17)25-22(18-12-6-2-7-13-18)19-14-8-3-9-15-19/h1,4-5,10-11,18-22H,2-3,6-9,12-16H2/t20-,21-/m0/s1. The van der Waals surface area contributed by atoms with Crippen molar-refractivity contribution < 1.29 is 9.53 Å². The van der Waals surface area contributed by atoms with E-state index in [-0.39, 0.29) is 18.0 Å². The Labute approximate surface area is 152 Å². The predicted octanol–water partition coefficient (Wildman–Crippen LogP) is 5.86. The van der Waals surface area contributed by atoms with Crippen molar-refractivity contribution in [3.05, 3.63) is 35.9 Å². The number of hydrogen-bond donors (Lipinski definition) is 0. The average molecular weight is 341 g/mol. The van der Waals surface area contributed by atoms with E-state index in [2.05, 4.69) is 24.3 Å². The van der Waals surface area contributed by atoms with E-state index < -0.39 is 0 Å². The topological polar surface area (TPSA) is 26.3 Å². The van der Waals surface area contributed by atoms with Crippen molar-refractivity contribution in [1.29, 1.82) is 0 Å². The Hall–Kier alpha value is -1.31. The predicted molar refractivity (Wildman–Crippen MR) is 100 cm³/mol. The first-order valence-corrected chi connectivity index (χ1v) is 10.6. The zero-order valence-electron chi connectivity index (χ0n) is 15.4. The number of rotatable bonds is 5. The van der Waals surface area contributed by atoms with Crippen LogP contribution in [0, 0.1) is 17.8 Å². The molecule has 0 bridgehead atoms. The molecule has 0 radical (unpaired) electrons. The van der Waals surface area contributed by atoms with Gasteiger partial charge in [0.15, 0.2) is 0 Å². The summed E-state index contributed by atoms with van der Waals surface area (Å²) < 4.78 is 6.27. The monoisotopic (exact) mass is 340 g/mol. The van der Waals surface area contributed by atoms with Crippen molar-refractivity contribution in [1.82, 2.24) is 0 Å². The lowest BCUT2D eigenvalue weighted by Crippen LogP contribution is -2.37. The van der Waals surface area contributed by atoms with E-state index in [9.17, 15) is 4.79 Å². The molecule has 0 aliphatic heterocycles. The summed E-state index contributed by atoms with van der Waals surface area (Å²) in [4.78, 5) is 12.9. The minimum absolute atomic E-state index is 0.0926. The summed E-state index contributed by atoms with van der Waals surface area (Å²) in [6.45, 7) is 0. The van der Waals surface area contributed by atoms with Crippen LogP contribution in [0.4, 0.5) is 0 Å². The second-order valence-electron chi connectivity index (χ2n) is 8.56. The molecule has 3 saturated carbocycles. The van der Waals surface area contributed by atoms with E-state index >= 15 is 0 Å². The number of carbonyl (C=O) groups excluding carboxylic acids is 1. The Bertz CT molecular complexity index is 537. The quantitative estimate of drug-likeness (QED) is 0.627. The fourth-order valence-electron chi connectivity index (χ4n) is 5.25. The van der Waals surface area contributed by atoms with Gasteiger partial charge in [0.05, 0.1) is 5.92 Å². The molecular formula is C23H32O2. The molecule has 0 unspecified atom stereocenters.